The number of nitrogens with one attached hydrogen (secondary N) is 2. The van der Waals surface area contributed by atoms with Crippen LogP contribution in [0.3, 0.4) is 0 Å². The minimum atomic E-state index is -0.224. The summed E-state index contributed by atoms with van der Waals surface area (Å²) >= 11 is 0. The molecule has 1 aliphatic rings. The Balaban J connectivity index is 1.46. The summed E-state index contributed by atoms with van der Waals surface area (Å²) < 4.78 is 14.4. The number of rotatable bonds is 6. The number of aromatic nitrogens is 2. The maximum Gasteiger partial charge on any atom is 0.251 e. The number of carbonyl (C=O) groups is 1. The first-order valence-corrected chi connectivity index (χ1v) is 9.59. The lowest BCUT2D eigenvalue weighted by atomic mass is 10.0. The first kappa shape index (κ1) is 18.4. The number of aromatic amines is 1. The maximum absolute atomic E-state index is 14.4. The molecule has 0 saturated carbocycles. The Morgan fingerprint density at radius 2 is 1.86 bits per heavy atom. The van der Waals surface area contributed by atoms with Crippen molar-refractivity contribution in [3.8, 4) is 11.3 Å². The van der Waals surface area contributed by atoms with Gasteiger partial charge in [0.05, 0.1) is 11.7 Å². The number of hydrogen-bond donors (Lipinski definition) is 2. The highest BCUT2D eigenvalue weighted by atomic mass is 19.1. The molecule has 1 amide bonds. The Labute approximate surface area is 163 Å². The van der Waals surface area contributed by atoms with Crippen molar-refractivity contribution in [3.05, 3.63) is 77.7 Å². The summed E-state index contributed by atoms with van der Waals surface area (Å²) in [6, 6.07) is 15.9. The summed E-state index contributed by atoms with van der Waals surface area (Å²) in [5, 5.41) is 9.83. The summed E-state index contributed by atoms with van der Waals surface area (Å²) in [5.41, 5.74) is 3.09. The number of carbonyl (C=O) groups excluding carboxylic acids is 1. The fraction of sp³-hybridized carbons (Fsp3) is 0.273. The zero-order valence-electron chi connectivity index (χ0n) is 15.6. The molecule has 2 aromatic carbocycles. The number of H-pyrrole nitrogens is 1. The third-order valence-electron chi connectivity index (χ3n) is 5.26. The van der Waals surface area contributed by atoms with Gasteiger partial charge < -0.3 is 5.32 Å². The van der Waals surface area contributed by atoms with Crippen LogP contribution in [0.5, 0.6) is 0 Å². The number of halogens is 1. The molecule has 1 aromatic heterocycles. The SMILES string of the molecule is O=C(NC[C@@H](c1ccccc1F)N1CCCC1)c1ccc(-c2ccn[nH]2)cc1. The molecule has 1 saturated heterocycles. The lowest BCUT2D eigenvalue weighted by molar-refractivity contribution is 0.0937. The van der Waals surface area contributed by atoms with Gasteiger partial charge in [0.2, 0.25) is 0 Å². The highest BCUT2D eigenvalue weighted by Crippen LogP contribution is 2.26. The van der Waals surface area contributed by atoms with Crippen LogP contribution < -0.4 is 5.32 Å². The first-order valence-electron chi connectivity index (χ1n) is 9.59. The van der Waals surface area contributed by atoms with E-state index in [-0.39, 0.29) is 17.8 Å². The average Bonchev–Trinajstić information content (AvgIpc) is 3.44. The predicted molar refractivity (Wildman–Crippen MR) is 106 cm³/mol. The lowest BCUT2D eigenvalue weighted by Gasteiger charge is -2.28. The molecule has 6 heteroatoms. The first-order chi connectivity index (χ1) is 13.7. The van der Waals surface area contributed by atoms with Crippen molar-refractivity contribution in [2.75, 3.05) is 19.6 Å². The molecule has 0 bridgehead atoms. The van der Waals surface area contributed by atoms with Crippen LogP contribution in [0.25, 0.3) is 11.3 Å². The lowest BCUT2D eigenvalue weighted by Crippen LogP contribution is -2.37. The van der Waals surface area contributed by atoms with Crippen LogP contribution in [-0.2, 0) is 0 Å². The minimum absolute atomic E-state index is 0.156. The van der Waals surface area contributed by atoms with Gasteiger partial charge in [0, 0.05) is 23.9 Å². The summed E-state index contributed by atoms with van der Waals surface area (Å²) in [5.74, 6) is -0.380. The van der Waals surface area contributed by atoms with Gasteiger partial charge in [-0.25, -0.2) is 4.39 Å². The molecular weight excluding hydrogens is 355 g/mol. The number of benzene rings is 2. The van der Waals surface area contributed by atoms with Gasteiger partial charge in [-0.3, -0.25) is 14.8 Å². The quantitative estimate of drug-likeness (QED) is 0.686. The van der Waals surface area contributed by atoms with Gasteiger partial charge in [0.1, 0.15) is 5.82 Å². The van der Waals surface area contributed by atoms with Gasteiger partial charge in [-0.15, -0.1) is 0 Å². The van der Waals surface area contributed by atoms with Crippen molar-refractivity contribution < 1.29 is 9.18 Å². The molecule has 1 aliphatic heterocycles. The summed E-state index contributed by atoms with van der Waals surface area (Å²) in [4.78, 5) is 14.9. The number of amides is 1. The molecule has 5 nitrogen and oxygen atoms in total. The molecule has 0 aliphatic carbocycles. The monoisotopic (exact) mass is 378 g/mol. The van der Waals surface area contributed by atoms with Crippen LogP contribution in [0, 0.1) is 5.82 Å². The Morgan fingerprint density at radius 1 is 1.11 bits per heavy atom. The second-order valence-electron chi connectivity index (χ2n) is 7.04. The number of likely N-dealkylation sites (tertiary alicyclic amines) is 1. The Hall–Kier alpha value is -2.99. The van der Waals surface area contributed by atoms with Crippen molar-refractivity contribution in [2.24, 2.45) is 0 Å². The van der Waals surface area contributed by atoms with Crippen LogP contribution in [0.4, 0.5) is 4.39 Å². The molecule has 144 valence electrons. The van der Waals surface area contributed by atoms with Gasteiger partial charge in [-0.1, -0.05) is 30.3 Å². The third-order valence-corrected chi connectivity index (χ3v) is 5.26. The van der Waals surface area contributed by atoms with Crippen LogP contribution >= 0.6 is 0 Å². The zero-order chi connectivity index (χ0) is 19.3. The van der Waals surface area contributed by atoms with Crippen molar-refractivity contribution in [1.82, 2.24) is 20.4 Å². The molecule has 4 rings (SSSR count). The molecule has 3 aromatic rings. The molecular formula is C22H23FN4O. The Kier molecular flexibility index (Phi) is 5.48. The minimum Gasteiger partial charge on any atom is -0.350 e. The predicted octanol–water partition coefficient (Wildman–Crippen LogP) is 3.78. The normalized spacial score (nSPS) is 15.5. The fourth-order valence-corrected chi connectivity index (χ4v) is 3.74. The van der Waals surface area contributed by atoms with Crippen LogP contribution in [0.1, 0.15) is 34.8 Å². The van der Waals surface area contributed by atoms with Crippen LogP contribution in [0.2, 0.25) is 0 Å². The zero-order valence-corrected chi connectivity index (χ0v) is 15.6. The van der Waals surface area contributed by atoms with Crippen LogP contribution in [-0.4, -0.2) is 40.6 Å². The molecule has 28 heavy (non-hydrogen) atoms. The molecule has 1 atom stereocenters. The topological polar surface area (TPSA) is 61.0 Å². The molecule has 2 heterocycles. The molecule has 1 fully saturated rings. The number of hydrogen-bond acceptors (Lipinski definition) is 3. The van der Waals surface area contributed by atoms with E-state index >= 15 is 0 Å². The summed E-state index contributed by atoms with van der Waals surface area (Å²) in [6.45, 7) is 2.23. The van der Waals surface area contributed by atoms with E-state index in [0.717, 1.165) is 37.2 Å². The van der Waals surface area contributed by atoms with Gasteiger partial charge in [0.15, 0.2) is 0 Å². The van der Waals surface area contributed by atoms with Crippen molar-refractivity contribution in [3.63, 3.8) is 0 Å². The van der Waals surface area contributed by atoms with E-state index < -0.39 is 0 Å². The summed E-state index contributed by atoms with van der Waals surface area (Å²) in [7, 11) is 0. The van der Waals surface area contributed by atoms with E-state index in [0.29, 0.717) is 17.7 Å². The van der Waals surface area contributed by atoms with Gasteiger partial charge in [-0.05, 0) is 55.8 Å². The highest BCUT2D eigenvalue weighted by Gasteiger charge is 2.26. The van der Waals surface area contributed by atoms with Crippen molar-refractivity contribution in [2.45, 2.75) is 18.9 Å². The van der Waals surface area contributed by atoms with Gasteiger partial charge >= 0.3 is 0 Å². The van der Waals surface area contributed by atoms with E-state index in [1.54, 1.807) is 24.4 Å². The maximum atomic E-state index is 14.4. The average molecular weight is 378 g/mol. The van der Waals surface area contributed by atoms with Crippen molar-refractivity contribution in [1.29, 1.82) is 0 Å². The van der Waals surface area contributed by atoms with Gasteiger partial charge in [0.25, 0.3) is 5.91 Å². The molecule has 0 radical (unpaired) electrons. The van der Waals surface area contributed by atoms with E-state index in [4.69, 9.17) is 0 Å². The van der Waals surface area contributed by atoms with Crippen LogP contribution in [0.15, 0.2) is 60.8 Å². The Morgan fingerprint density at radius 3 is 2.54 bits per heavy atom. The van der Waals surface area contributed by atoms with Gasteiger partial charge in [-0.2, -0.15) is 5.10 Å². The molecule has 2 N–H and O–H groups in total. The van der Waals surface area contributed by atoms with E-state index in [2.05, 4.69) is 20.4 Å². The summed E-state index contributed by atoms with van der Waals surface area (Å²) in [6.07, 6.45) is 3.90. The second kappa shape index (κ2) is 8.35. The molecule has 0 spiro atoms. The van der Waals surface area contributed by atoms with Crippen molar-refractivity contribution >= 4 is 5.91 Å². The largest absolute Gasteiger partial charge is 0.350 e. The second-order valence-corrected chi connectivity index (χ2v) is 7.04. The standard InChI is InChI=1S/C22H23FN4O/c23-19-6-2-1-5-18(19)21(27-13-3-4-14-27)15-24-22(28)17-9-7-16(8-10-17)20-11-12-25-26-20/h1-2,5-12,21H,3-4,13-15H2,(H,24,28)(H,25,26)/t21-/m0/s1. The smallest absolute Gasteiger partial charge is 0.251 e. The third kappa shape index (κ3) is 3.97. The van der Waals surface area contributed by atoms with E-state index in [1.807, 2.05) is 30.3 Å². The highest BCUT2D eigenvalue weighted by molar-refractivity contribution is 5.94. The van der Waals surface area contributed by atoms with E-state index in [9.17, 15) is 9.18 Å². The fourth-order valence-electron chi connectivity index (χ4n) is 3.74. The number of nitrogens with zero attached hydrogens (tertiary/aromatic N) is 2. The van der Waals surface area contributed by atoms with E-state index in [1.165, 1.54) is 6.07 Å². The Bertz CT molecular complexity index is 918. The molecule has 0 unspecified atom stereocenters.